The Bertz CT molecular complexity index is 661. The Balaban J connectivity index is 0.00000288. The molecule has 140 valence electrons. The largest absolute Gasteiger partial charge is 0.329 e. The molecule has 25 heavy (non-hydrogen) atoms. The second-order valence-corrected chi connectivity index (χ2v) is 5.70. The van der Waals surface area contributed by atoms with Gasteiger partial charge in [-0.05, 0) is 19.4 Å². The van der Waals surface area contributed by atoms with Gasteiger partial charge in [-0.25, -0.2) is 0 Å². The first-order chi connectivity index (χ1) is 11.0. The smallest absolute Gasteiger partial charge is 0.238 e. The molecule has 6 nitrogen and oxygen atoms in total. The van der Waals surface area contributed by atoms with Crippen LogP contribution in [0.4, 0.5) is 5.69 Å². The number of hydrogen-bond acceptors (Lipinski definition) is 4. The minimum absolute atomic E-state index is 0. The SMILES string of the molecule is Cc1nn(C)c(C)c1NC(=O)CN(CCN)Cc1ccccc1.Cl.Cl. The molecule has 0 fully saturated rings. The molecule has 1 aromatic heterocycles. The molecule has 1 heterocycles. The lowest BCUT2D eigenvalue weighted by Crippen LogP contribution is -2.36. The van der Waals surface area contributed by atoms with Crippen LogP contribution in [0.3, 0.4) is 0 Å². The molecule has 0 unspecified atom stereocenters. The lowest BCUT2D eigenvalue weighted by molar-refractivity contribution is -0.117. The van der Waals surface area contributed by atoms with Gasteiger partial charge in [0.15, 0.2) is 0 Å². The Kier molecular flexibility index (Phi) is 10.4. The topological polar surface area (TPSA) is 76.2 Å². The van der Waals surface area contributed by atoms with Gasteiger partial charge in [-0.2, -0.15) is 5.10 Å². The fraction of sp³-hybridized carbons (Fsp3) is 0.412. The molecule has 0 saturated carbocycles. The van der Waals surface area contributed by atoms with Crippen molar-refractivity contribution < 1.29 is 4.79 Å². The van der Waals surface area contributed by atoms with Gasteiger partial charge in [-0.3, -0.25) is 14.4 Å². The van der Waals surface area contributed by atoms with Gasteiger partial charge < -0.3 is 11.1 Å². The molecule has 2 rings (SSSR count). The van der Waals surface area contributed by atoms with Gasteiger partial charge in [-0.15, -0.1) is 24.8 Å². The Labute approximate surface area is 161 Å². The summed E-state index contributed by atoms with van der Waals surface area (Å²) in [6.45, 7) is 6.04. The van der Waals surface area contributed by atoms with Crippen LogP contribution < -0.4 is 11.1 Å². The van der Waals surface area contributed by atoms with Crippen molar-refractivity contribution in [2.75, 3.05) is 25.0 Å². The third-order valence-electron chi connectivity index (χ3n) is 3.83. The van der Waals surface area contributed by atoms with Crippen molar-refractivity contribution in [2.24, 2.45) is 12.8 Å². The number of benzene rings is 1. The van der Waals surface area contributed by atoms with E-state index in [1.54, 1.807) is 4.68 Å². The number of aryl methyl sites for hydroxylation is 2. The predicted molar refractivity (Wildman–Crippen MR) is 107 cm³/mol. The quantitative estimate of drug-likeness (QED) is 0.763. The van der Waals surface area contributed by atoms with Crippen LogP contribution in [0.1, 0.15) is 17.0 Å². The lowest BCUT2D eigenvalue weighted by atomic mass is 10.2. The predicted octanol–water partition coefficient (Wildman–Crippen LogP) is 2.28. The molecule has 0 bridgehead atoms. The number of carbonyl (C=O) groups excluding carboxylic acids is 1. The Morgan fingerprint density at radius 1 is 1.24 bits per heavy atom. The summed E-state index contributed by atoms with van der Waals surface area (Å²) in [7, 11) is 1.87. The van der Waals surface area contributed by atoms with E-state index in [2.05, 4.69) is 22.5 Å². The highest BCUT2D eigenvalue weighted by Crippen LogP contribution is 2.18. The Hall–Kier alpha value is -1.60. The molecule has 0 spiro atoms. The van der Waals surface area contributed by atoms with Crippen LogP contribution in [0.2, 0.25) is 0 Å². The molecule has 8 heteroatoms. The number of rotatable bonds is 7. The molecule has 0 saturated heterocycles. The normalized spacial score (nSPS) is 10.1. The number of hydrogen-bond donors (Lipinski definition) is 2. The number of aromatic nitrogens is 2. The minimum Gasteiger partial charge on any atom is -0.329 e. The number of carbonyl (C=O) groups is 1. The number of nitrogens with zero attached hydrogens (tertiary/aromatic N) is 3. The standard InChI is InChI=1S/C17H25N5O.2ClH/c1-13-17(14(2)21(3)20-13)19-16(23)12-22(10-9-18)11-15-7-5-4-6-8-15;;/h4-8H,9-12,18H2,1-3H3,(H,19,23);2*1H. The van der Waals surface area contributed by atoms with Crippen molar-refractivity contribution in [3.63, 3.8) is 0 Å². The van der Waals surface area contributed by atoms with E-state index >= 15 is 0 Å². The summed E-state index contributed by atoms with van der Waals surface area (Å²) in [6, 6.07) is 10.1. The van der Waals surface area contributed by atoms with E-state index in [0.717, 1.165) is 17.1 Å². The van der Waals surface area contributed by atoms with Gasteiger partial charge in [0, 0.05) is 26.7 Å². The van der Waals surface area contributed by atoms with Crippen LogP contribution in [0, 0.1) is 13.8 Å². The minimum atomic E-state index is -0.0476. The van der Waals surface area contributed by atoms with Crippen LogP contribution in [0.25, 0.3) is 0 Å². The number of nitrogens with two attached hydrogens (primary N) is 1. The number of amides is 1. The van der Waals surface area contributed by atoms with E-state index in [0.29, 0.717) is 26.2 Å². The zero-order valence-corrected chi connectivity index (χ0v) is 16.5. The third-order valence-corrected chi connectivity index (χ3v) is 3.83. The summed E-state index contributed by atoms with van der Waals surface area (Å²) < 4.78 is 1.77. The first-order valence-corrected chi connectivity index (χ1v) is 7.77. The van der Waals surface area contributed by atoms with Gasteiger partial charge in [0.1, 0.15) is 0 Å². The first-order valence-electron chi connectivity index (χ1n) is 7.77. The van der Waals surface area contributed by atoms with Gasteiger partial charge in [0.25, 0.3) is 0 Å². The summed E-state index contributed by atoms with van der Waals surface area (Å²) in [6.07, 6.45) is 0. The number of anilines is 1. The average Bonchev–Trinajstić information content (AvgIpc) is 2.75. The molecule has 0 atom stereocenters. The van der Waals surface area contributed by atoms with Crippen LogP contribution in [0.15, 0.2) is 30.3 Å². The van der Waals surface area contributed by atoms with Crippen molar-refractivity contribution in [2.45, 2.75) is 20.4 Å². The summed E-state index contributed by atoms with van der Waals surface area (Å²) in [5, 5.41) is 7.28. The molecular formula is C17H27Cl2N5O. The molecule has 0 radical (unpaired) electrons. The summed E-state index contributed by atoms with van der Waals surface area (Å²) >= 11 is 0. The van der Waals surface area contributed by atoms with Crippen LogP contribution in [-0.2, 0) is 18.4 Å². The molecule has 0 aliphatic rings. The van der Waals surface area contributed by atoms with Gasteiger partial charge in [-0.1, -0.05) is 30.3 Å². The molecule has 3 N–H and O–H groups in total. The summed E-state index contributed by atoms with van der Waals surface area (Å²) in [4.78, 5) is 14.4. The van der Waals surface area contributed by atoms with Gasteiger partial charge in [0.05, 0.1) is 23.6 Å². The second-order valence-electron chi connectivity index (χ2n) is 5.70. The van der Waals surface area contributed by atoms with E-state index in [9.17, 15) is 4.79 Å². The maximum absolute atomic E-state index is 12.4. The van der Waals surface area contributed by atoms with Crippen LogP contribution >= 0.6 is 24.8 Å². The second kappa shape index (κ2) is 11.1. The van der Waals surface area contributed by atoms with Crippen molar-refractivity contribution >= 4 is 36.4 Å². The summed E-state index contributed by atoms with van der Waals surface area (Å²) in [5.74, 6) is -0.0476. The van der Waals surface area contributed by atoms with Gasteiger partial charge in [0.2, 0.25) is 5.91 Å². The molecule has 0 aliphatic heterocycles. The highest BCUT2D eigenvalue weighted by Gasteiger charge is 2.15. The fourth-order valence-corrected chi connectivity index (χ4v) is 2.57. The molecule has 2 aromatic rings. The highest BCUT2D eigenvalue weighted by molar-refractivity contribution is 5.93. The fourth-order valence-electron chi connectivity index (χ4n) is 2.57. The number of halogens is 2. The zero-order valence-electron chi connectivity index (χ0n) is 14.9. The maximum Gasteiger partial charge on any atom is 0.238 e. The van der Waals surface area contributed by atoms with E-state index in [-0.39, 0.29) is 30.7 Å². The van der Waals surface area contributed by atoms with Crippen LogP contribution in [0.5, 0.6) is 0 Å². The average molecular weight is 388 g/mol. The third kappa shape index (κ3) is 6.66. The molecular weight excluding hydrogens is 361 g/mol. The van der Waals surface area contributed by atoms with Crippen molar-refractivity contribution in [1.29, 1.82) is 0 Å². The first kappa shape index (κ1) is 23.4. The van der Waals surface area contributed by atoms with Crippen molar-refractivity contribution in [3.05, 3.63) is 47.3 Å². The van der Waals surface area contributed by atoms with Crippen LogP contribution in [-0.4, -0.2) is 40.2 Å². The highest BCUT2D eigenvalue weighted by atomic mass is 35.5. The van der Waals surface area contributed by atoms with Crippen molar-refractivity contribution in [3.8, 4) is 0 Å². The Morgan fingerprint density at radius 3 is 2.40 bits per heavy atom. The Morgan fingerprint density at radius 2 is 1.88 bits per heavy atom. The van der Waals surface area contributed by atoms with E-state index in [1.165, 1.54) is 5.56 Å². The molecule has 1 aromatic carbocycles. The monoisotopic (exact) mass is 387 g/mol. The van der Waals surface area contributed by atoms with Crippen molar-refractivity contribution in [1.82, 2.24) is 14.7 Å². The van der Waals surface area contributed by atoms with E-state index in [4.69, 9.17) is 5.73 Å². The van der Waals surface area contributed by atoms with E-state index in [1.807, 2.05) is 44.0 Å². The maximum atomic E-state index is 12.4. The van der Waals surface area contributed by atoms with Gasteiger partial charge >= 0.3 is 0 Å². The summed E-state index contributed by atoms with van der Waals surface area (Å²) in [5.41, 5.74) is 9.42. The van der Waals surface area contributed by atoms with E-state index < -0.39 is 0 Å². The molecule has 0 aliphatic carbocycles. The molecule has 1 amide bonds. The zero-order chi connectivity index (χ0) is 16.8. The lowest BCUT2D eigenvalue weighted by Gasteiger charge is -2.21. The number of nitrogens with one attached hydrogen (secondary N) is 1.